The molecule has 0 fully saturated rings. The van der Waals surface area contributed by atoms with Gasteiger partial charge in [-0.05, 0) is 93.0 Å². The van der Waals surface area contributed by atoms with Crippen LogP contribution in [0, 0.1) is 5.92 Å². The first-order chi connectivity index (χ1) is 25.4. The van der Waals surface area contributed by atoms with E-state index in [1.165, 1.54) is 0 Å². The molecule has 12 nitrogen and oxygen atoms in total. The van der Waals surface area contributed by atoms with Crippen molar-refractivity contribution < 1.29 is 34.0 Å². The minimum atomic E-state index is -1.22. The molecule has 2 aliphatic rings. The summed E-state index contributed by atoms with van der Waals surface area (Å²) in [6, 6.07) is 13.5. The van der Waals surface area contributed by atoms with Crippen molar-refractivity contribution in [3.05, 3.63) is 122 Å². The Hall–Kier alpha value is -5.88. The molecule has 2 aromatic carbocycles. The van der Waals surface area contributed by atoms with Crippen molar-refractivity contribution in [1.29, 1.82) is 0 Å². The number of fused-ring (bicyclic) bond motifs is 4. The number of carbonyl (C=O) groups is 1. The van der Waals surface area contributed by atoms with Crippen LogP contribution in [0.1, 0.15) is 72.3 Å². The van der Waals surface area contributed by atoms with E-state index >= 15 is 0 Å². The van der Waals surface area contributed by atoms with Gasteiger partial charge >= 0.3 is 5.97 Å². The van der Waals surface area contributed by atoms with Gasteiger partial charge in [-0.15, -0.1) is 0 Å². The van der Waals surface area contributed by atoms with E-state index in [0.29, 0.717) is 48.5 Å². The number of ether oxygens (including phenoxy) is 2. The molecule has 5 aromatic rings. The maximum Gasteiger partial charge on any atom is 0.333 e. The molecule has 3 aromatic heterocycles. The second-order valence-electron chi connectivity index (χ2n) is 14.1. The molecule has 5 heterocycles. The van der Waals surface area contributed by atoms with Gasteiger partial charge in [0.05, 0.1) is 0 Å². The number of hydrogen-bond donors (Lipinski definition) is 5. The van der Waals surface area contributed by atoms with Crippen LogP contribution in [0.25, 0.3) is 11.0 Å². The third-order valence-corrected chi connectivity index (χ3v) is 10.9. The van der Waals surface area contributed by atoms with Crippen molar-refractivity contribution in [2.24, 2.45) is 5.92 Å². The molecule has 53 heavy (non-hydrogen) atoms. The van der Waals surface area contributed by atoms with Gasteiger partial charge in [-0.3, -0.25) is 4.79 Å². The molecule has 2 bridgehead atoms. The zero-order valence-corrected chi connectivity index (χ0v) is 29.8. The summed E-state index contributed by atoms with van der Waals surface area (Å²) >= 11 is 0. The fourth-order valence-electron chi connectivity index (χ4n) is 7.86. The lowest BCUT2D eigenvalue weighted by Gasteiger charge is -2.48. The largest absolute Gasteiger partial charge is 0.508 e. The van der Waals surface area contributed by atoms with Gasteiger partial charge in [0, 0.05) is 53.4 Å². The number of phenolic OH excluding ortho intramolecular Hbond substituents is 2. The van der Waals surface area contributed by atoms with E-state index in [-0.39, 0.29) is 51.9 Å². The molecule has 0 saturated heterocycles. The Morgan fingerprint density at radius 3 is 2.60 bits per heavy atom. The first-order valence-corrected chi connectivity index (χ1v) is 17.6. The zero-order chi connectivity index (χ0) is 37.6. The number of pyridine rings is 2. The Labute approximate surface area is 305 Å². The maximum atomic E-state index is 13.8. The summed E-state index contributed by atoms with van der Waals surface area (Å²) in [5.41, 5.74) is 15.3. The minimum Gasteiger partial charge on any atom is -0.508 e. The summed E-state index contributed by atoms with van der Waals surface area (Å²) < 4.78 is 19.8. The monoisotopic (exact) mass is 718 g/mol. The Kier molecular flexibility index (Phi) is 9.33. The predicted molar refractivity (Wildman–Crippen MR) is 199 cm³/mol. The van der Waals surface area contributed by atoms with Gasteiger partial charge in [0.1, 0.15) is 63.9 Å². The van der Waals surface area contributed by atoms with Crippen molar-refractivity contribution >= 4 is 28.6 Å². The number of aliphatic hydroxyl groups is 1. The van der Waals surface area contributed by atoms with Crippen LogP contribution in [-0.4, -0.2) is 43.0 Å². The molecule has 4 atom stereocenters. The molecular formula is C41H42N4O8. The normalized spacial score (nSPS) is 21.1. The molecule has 0 spiro atoms. The van der Waals surface area contributed by atoms with Crippen LogP contribution in [0.5, 0.6) is 17.2 Å². The van der Waals surface area contributed by atoms with Crippen molar-refractivity contribution in [2.45, 2.75) is 77.1 Å². The molecule has 0 saturated carbocycles. The minimum absolute atomic E-state index is 0.00157. The number of allylic oxidation sites excluding steroid dienone is 1. The Morgan fingerprint density at radius 2 is 1.89 bits per heavy atom. The highest BCUT2D eigenvalue weighted by atomic mass is 16.6. The SMILES string of the molecule is C/C=C(/C)C(=O)O[C@@H]1Cc2c3c(c4oc(CO)cc(=O)c4c2O)[C@@H](Cc2cccc(O)c2)c2ccnc(N)c2CC[C@@H](Cc2ccc(N)nc2)[C@]1(C)O3. The second kappa shape index (κ2) is 13.9. The van der Waals surface area contributed by atoms with Crippen LogP contribution in [0.4, 0.5) is 11.6 Å². The summed E-state index contributed by atoms with van der Waals surface area (Å²) in [5.74, 6) is -0.781. The van der Waals surface area contributed by atoms with Gasteiger partial charge < -0.3 is 40.7 Å². The predicted octanol–water partition coefficient (Wildman–Crippen LogP) is 5.40. The highest BCUT2D eigenvalue weighted by Gasteiger charge is 2.52. The number of esters is 1. The third-order valence-electron chi connectivity index (χ3n) is 10.9. The second-order valence-corrected chi connectivity index (χ2v) is 14.1. The van der Waals surface area contributed by atoms with Crippen LogP contribution in [-0.2, 0) is 41.8 Å². The fraction of sp³-hybridized carbons (Fsp3) is 0.317. The van der Waals surface area contributed by atoms with Crippen LogP contribution in [0.15, 0.2) is 81.8 Å². The van der Waals surface area contributed by atoms with Gasteiger partial charge in [0.15, 0.2) is 5.43 Å². The number of benzene rings is 2. The van der Waals surface area contributed by atoms with E-state index in [1.54, 1.807) is 56.6 Å². The highest BCUT2D eigenvalue weighted by molar-refractivity contribution is 5.92. The number of carbonyl (C=O) groups excluding carboxylic acids is 1. The first-order valence-electron chi connectivity index (χ1n) is 17.6. The third kappa shape index (κ3) is 6.43. The van der Waals surface area contributed by atoms with E-state index < -0.39 is 35.6 Å². The molecule has 0 unspecified atom stereocenters. The quantitative estimate of drug-likeness (QED) is 0.106. The number of aromatic hydroxyl groups is 2. The number of anilines is 2. The average molecular weight is 719 g/mol. The lowest BCUT2D eigenvalue weighted by atomic mass is 9.71. The summed E-state index contributed by atoms with van der Waals surface area (Å²) in [6.45, 7) is 4.75. The lowest BCUT2D eigenvalue weighted by molar-refractivity contribution is -0.165. The number of rotatable bonds is 7. The fourth-order valence-corrected chi connectivity index (χ4v) is 7.86. The van der Waals surface area contributed by atoms with Crippen LogP contribution < -0.4 is 21.6 Å². The maximum absolute atomic E-state index is 13.8. The lowest BCUT2D eigenvalue weighted by Crippen LogP contribution is -2.57. The standard InChI is InChI=1S/C41H42N4O8/c1-4-21(2)40(50)52-32-18-30-36(49)35-31(48)17-26(20-46)51-38(35)34-29(16-22-6-5-7-25(47)15-22)27-12-13-44-39(43)28(27)10-9-24(41(32,3)53-37(30)34)14-23-8-11-33(42)45-19-23/h4-8,11-13,15,17,19,24,29,32,46-47,49H,9-10,14,16,18,20H2,1-3H3,(H2,42,45)(H2,43,44)/b21-4-/t24-,29-,32+,41-/m0/s1. The highest BCUT2D eigenvalue weighted by Crippen LogP contribution is 2.53. The van der Waals surface area contributed by atoms with Gasteiger partial charge in [-0.25, -0.2) is 14.8 Å². The summed E-state index contributed by atoms with van der Waals surface area (Å²) in [5, 5.41) is 32.6. The van der Waals surface area contributed by atoms with Crippen molar-refractivity contribution in [2.75, 3.05) is 11.5 Å². The number of nitrogens with zero attached hydrogens (tertiary/aromatic N) is 2. The van der Waals surface area contributed by atoms with E-state index in [9.17, 15) is 24.9 Å². The number of aliphatic hydroxyl groups excluding tert-OH is 1. The molecule has 274 valence electrons. The summed E-state index contributed by atoms with van der Waals surface area (Å²) in [6.07, 6.45) is 5.83. The number of nitrogen functional groups attached to an aromatic ring is 2. The Morgan fingerprint density at radius 1 is 1.08 bits per heavy atom. The molecule has 7 N–H and O–H groups in total. The smallest absolute Gasteiger partial charge is 0.333 e. The van der Waals surface area contributed by atoms with Crippen LogP contribution in [0.2, 0.25) is 0 Å². The van der Waals surface area contributed by atoms with Gasteiger partial charge in [-0.2, -0.15) is 0 Å². The molecular weight excluding hydrogens is 676 g/mol. The average Bonchev–Trinajstić information content (AvgIpc) is 3.13. The number of phenols is 2. The molecule has 0 radical (unpaired) electrons. The van der Waals surface area contributed by atoms with Crippen LogP contribution >= 0.6 is 0 Å². The molecule has 7 rings (SSSR count). The van der Waals surface area contributed by atoms with E-state index in [2.05, 4.69) is 9.97 Å². The summed E-state index contributed by atoms with van der Waals surface area (Å²) in [7, 11) is 0. The van der Waals surface area contributed by atoms with Gasteiger partial charge in [0.2, 0.25) is 0 Å². The number of hydrogen-bond acceptors (Lipinski definition) is 12. The Balaban J connectivity index is 1.57. The van der Waals surface area contributed by atoms with Crippen molar-refractivity contribution in [3.8, 4) is 17.2 Å². The Bertz CT molecular complexity index is 2320. The van der Waals surface area contributed by atoms with E-state index in [4.69, 9.17) is 25.4 Å². The van der Waals surface area contributed by atoms with Crippen molar-refractivity contribution in [1.82, 2.24) is 9.97 Å². The molecule has 12 heteroatoms. The van der Waals surface area contributed by atoms with Crippen molar-refractivity contribution in [3.63, 3.8) is 0 Å². The summed E-state index contributed by atoms with van der Waals surface area (Å²) in [4.78, 5) is 36.1. The first kappa shape index (κ1) is 35.5. The molecule has 0 aliphatic carbocycles. The molecule has 0 amide bonds. The zero-order valence-electron chi connectivity index (χ0n) is 29.8. The number of aromatic nitrogens is 2. The molecule has 2 aliphatic heterocycles. The van der Waals surface area contributed by atoms with Gasteiger partial charge in [-0.1, -0.05) is 24.3 Å². The van der Waals surface area contributed by atoms with Crippen LogP contribution in [0.3, 0.4) is 0 Å². The number of nitrogens with two attached hydrogens (primary N) is 2. The van der Waals surface area contributed by atoms with Gasteiger partial charge in [0.25, 0.3) is 0 Å². The van der Waals surface area contributed by atoms with E-state index in [1.807, 2.05) is 25.1 Å². The topological polar surface area (TPSA) is 204 Å². The van der Waals surface area contributed by atoms with E-state index in [0.717, 1.165) is 28.3 Å².